The van der Waals surface area contributed by atoms with Crippen LogP contribution in [0.1, 0.15) is 26.3 Å². The number of carbonyl (C=O) groups excluding carboxylic acids is 2. The van der Waals surface area contributed by atoms with Crippen LogP contribution in [0.2, 0.25) is 5.02 Å². The Morgan fingerprint density at radius 2 is 1.49 bits per heavy atom. The zero-order valence-electron chi connectivity index (χ0n) is 23.0. The highest BCUT2D eigenvalue weighted by Gasteiger charge is 2.24. The minimum atomic E-state index is -0.291. The second kappa shape index (κ2) is 13.2. The Kier molecular flexibility index (Phi) is 9.06. The molecule has 1 fully saturated rings. The van der Waals surface area contributed by atoms with Crippen LogP contribution < -0.4 is 25.2 Å². The normalized spacial score (nSPS) is 13.0. The summed E-state index contributed by atoms with van der Waals surface area (Å²) < 4.78 is 5.56. The van der Waals surface area contributed by atoms with E-state index in [0.717, 1.165) is 55.3 Å². The van der Waals surface area contributed by atoms with Gasteiger partial charge in [0.25, 0.3) is 11.8 Å². The second-order valence-corrected chi connectivity index (χ2v) is 10.3. The summed E-state index contributed by atoms with van der Waals surface area (Å²) >= 11 is 6.08. The number of halogens is 1. The maximum Gasteiger partial charge on any atom is 0.255 e. The van der Waals surface area contributed by atoms with Crippen LogP contribution in [0, 0.1) is 0 Å². The Morgan fingerprint density at radius 1 is 0.780 bits per heavy atom. The monoisotopic (exact) mass is 568 g/mol. The van der Waals surface area contributed by atoms with E-state index in [4.69, 9.17) is 16.3 Å². The van der Waals surface area contributed by atoms with Gasteiger partial charge < -0.3 is 25.2 Å². The van der Waals surface area contributed by atoms with E-state index in [1.165, 1.54) is 0 Å². The maximum absolute atomic E-state index is 13.5. The third-order valence-electron chi connectivity index (χ3n) is 7.17. The Morgan fingerprint density at radius 3 is 2.22 bits per heavy atom. The zero-order valence-corrected chi connectivity index (χ0v) is 23.7. The van der Waals surface area contributed by atoms with E-state index >= 15 is 0 Å². The van der Waals surface area contributed by atoms with Crippen LogP contribution in [0.4, 0.5) is 17.1 Å². The molecule has 210 valence electrons. The number of methoxy groups -OCH3 is 1. The summed E-state index contributed by atoms with van der Waals surface area (Å²) in [6.45, 7) is 3.53. The van der Waals surface area contributed by atoms with Crippen molar-refractivity contribution in [1.29, 1.82) is 0 Å². The summed E-state index contributed by atoms with van der Waals surface area (Å²) in [5.74, 6) is 0.377. The Hall–Kier alpha value is -4.49. The van der Waals surface area contributed by atoms with Gasteiger partial charge in [0.05, 0.1) is 18.4 Å². The molecule has 0 saturated carbocycles. The van der Waals surface area contributed by atoms with E-state index in [1.807, 2.05) is 60.7 Å². The van der Waals surface area contributed by atoms with Crippen LogP contribution in [-0.2, 0) is 6.42 Å². The van der Waals surface area contributed by atoms with E-state index < -0.39 is 0 Å². The smallest absolute Gasteiger partial charge is 0.255 e. The first-order chi connectivity index (χ1) is 20.0. The van der Waals surface area contributed by atoms with E-state index in [1.54, 1.807) is 37.4 Å². The number of rotatable bonds is 9. The molecule has 1 heterocycles. The SMILES string of the molecule is COc1ccccc1N1CCN(c2ccc(NC(=O)c3cccc(Cl)c3)cc2C(=O)NCCc2ccccc2)CC1. The maximum atomic E-state index is 13.5. The molecule has 2 N–H and O–H groups in total. The van der Waals surface area contributed by atoms with Gasteiger partial charge in [-0.15, -0.1) is 0 Å². The average molecular weight is 569 g/mol. The molecule has 1 saturated heterocycles. The number of nitrogens with one attached hydrogen (secondary N) is 2. The molecule has 0 radical (unpaired) electrons. The predicted molar refractivity (Wildman–Crippen MR) is 166 cm³/mol. The lowest BCUT2D eigenvalue weighted by Gasteiger charge is -2.38. The molecular formula is C33H33ClN4O3. The number of anilines is 3. The van der Waals surface area contributed by atoms with Crippen molar-refractivity contribution in [2.24, 2.45) is 0 Å². The Labute approximate surface area is 245 Å². The number of nitrogens with zero attached hydrogens (tertiary/aromatic N) is 2. The topological polar surface area (TPSA) is 73.9 Å². The molecule has 5 rings (SSSR count). The largest absolute Gasteiger partial charge is 0.495 e. The lowest BCUT2D eigenvalue weighted by atomic mass is 10.1. The number of carbonyl (C=O) groups is 2. The van der Waals surface area contributed by atoms with E-state index in [2.05, 4.69) is 26.5 Å². The van der Waals surface area contributed by atoms with Crippen molar-refractivity contribution in [3.05, 3.63) is 119 Å². The number of amides is 2. The van der Waals surface area contributed by atoms with Gasteiger partial charge in [0, 0.05) is 54.7 Å². The van der Waals surface area contributed by atoms with Crippen LogP contribution >= 0.6 is 11.6 Å². The van der Waals surface area contributed by atoms with E-state index in [-0.39, 0.29) is 11.8 Å². The Bertz CT molecular complexity index is 1500. The van der Waals surface area contributed by atoms with Gasteiger partial charge in [-0.05, 0) is 60.5 Å². The van der Waals surface area contributed by atoms with Gasteiger partial charge in [0.1, 0.15) is 5.75 Å². The van der Waals surface area contributed by atoms with E-state index in [0.29, 0.717) is 28.4 Å². The lowest BCUT2D eigenvalue weighted by molar-refractivity contribution is 0.0953. The number of para-hydroxylation sites is 2. The highest BCUT2D eigenvalue weighted by atomic mass is 35.5. The number of benzene rings is 4. The van der Waals surface area contributed by atoms with Crippen LogP contribution in [0.3, 0.4) is 0 Å². The number of piperazine rings is 1. The van der Waals surface area contributed by atoms with Gasteiger partial charge in [-0.3, -0.25) is 9.59 Å². The third-order valence-corrected chi connectivity index (χ3v) is 7.41. The minimum Gasteiger partial charge on any atom is -0.495 e. The first kappa shape index (κ1) is 28.1. The van der Waals surface area contributed by atoms with Gasteiger partial charge in [0.15, 0.2) is 0 Å². The fourth-order valence-corrected chi connectivity index (χ4v) is 5.23. The molecule has 0 aliphatic carbocycles. The van der Waals surface area contributed by atoms with Crippen molar-refractivity contribution in [2.75, 3.05) is 55.0 Å². The van der Waals surface area contributed by atoms with Crippen molar-refractivity contribution >= 4 is 40.5 Å². The summed E-state index contributed by atoms with van der Waals surface area (Å²) in [7, 11) is 1.69. The van der Waals surface area contributed by atoms with Gasteiger partial charge in [0.2, 0.25) is 0 Å². The van der Waals surface area contributed by atoms with Crippen molar-refractivity contribution in [3.8, 4) is 5.75 Å². The minimum absolute atomic E-state index is 0.179. The summed E-state index contributed by atoms with van der Waals surface area (Å²) in [4.78, 5) is 30.9. The molecule has 1 aliphatic rings. The van der Waals surface area contributed by atoms with Crippen molar-refractivity contribution in [2.45, 2.75) is 6.42 Å². The summed E-state index contributed by atoms with van der Waals surface area (Å²) in [5, 5.41) is 6.47. The molecule has 2 amide bonds. The van der Waals surface area contributed by atoms with Crippen LogP contribution in [-0.4, -0.2) is 51.6 Å². The molecule has 4 aromatic carbocycles. The molecular weight excluding hydrogens is 536 g/mol. The summed E-state index contributed by atoms with van der Waals surface area (Å²) in [6, 6.07) is 30.3. The van der Waals surface area contributed by atoms with Gasteiger partial charge in [-0.25, -0.2) is 0 Å². The highest BCUT2D eigenvalue weighted by Crippen LogP contribution is 2.31. The highest BCUT2D eigenvalue weighted by molar-refractivity contribution is 6.31. The molecule has 0 aromatic heterocycles. The quantitative estimate of drug-likeness (QED) is 0.263. The van der Waals surface area contributed by atoms with Crippen LogP contribution in [0.25, 0.3) is 0 Å². The van der Waals surface area contributed by atoms with Crippen molar-refractivity contribution < 1.29 is 14.3 Å². The van der Waals surface area contributed by atoms with Crippen LogP contribution in [0.15, 0.2) is 97.1 Å². The van der Waals surface area contributed by atoms with E-state index in [9.17, 15) is 9.59 Å². The zero-order chi connectivity index (χ0) is 28.6. The second-order valence-electron chi connectivity index (χ2n) is 9.83. The molecule has 0 spiro atoms. The molecule has 8 heteroatoms. The molecule has 4 aromatic rings. The first-order valence-electron chi connectivity index (χ1n) is 13.7. The first-order valence-corrected chi connectivity index (χ1v) is 14.1. The average Bonchev–Trinajstić information content (AvgIpc) is 3.01. The number of ether oxygens (including phenoxy) is 1. The summed E-state index contributed by atoms with van der Waals surface area (Å²) in [6.07, 6.45) is 0.727. The van der Waals surface area contributed by atoms with Crippen molar-refractivity contribution in [3.63, 3.8) is 0 Å². The lowest BCUT2D eigenvalue weighted by Crippen LogP contribution is -2.47. The molecule has 1 aliphatic heterocycles. The number of hydrogen-bond acceptors (Lipinski definition) is 5. The van der Waals surface area contributed by atoms with Gasteiger partial charge in [-0.1, -0.05) is 60.1 Å². The summed E-state index contributed by atoms with van der Waals surface area (Å²) in [5.41, 5.74) is 4.56. The molecule has 0 atom stereocenters. The van der Waals surface area contributed by atoms with Gasteiger partial charge >= 0.3 is 0 Å². The third kappa shape index (κ3) is 6.99. The molecule has 0 bridgehead atoms. The standard InChI is InChI=1S/C33H33ClN4O3/c1-41-31-13-6-5-12-30(31)38-20-18-37(19-21-38)29-15-14-27(36-32(39)25-10-7-11-26(34)22-25)23-28(29)33(40)35-17-16-24-8-3-2-4-9-24/h2-15,22-23H,16-21H2,1H3,(H,35,40)(H,36,39). The fourth-order valence-electron chi connectivity index (χ4n) is 5.04. The molecule has 7 nitrogen and oxygen atoms in total. The van der Waals surface area contributed by atoms with Gasteiger partial charge in [-0.2, -0.15) is 0 Å². The molecule has 41 heavy (non-hydrogen) atoms. The fraction of sp³-hybridized carbons (Fsp3) is 0.212. The Balaban J connectivity index is 1.34. The predicted octanol–water partition coefficient (Wildman–Crippen LogP) is 5.90. The van der Waals surface area contributed by atoms with Crippen LogP contribution in [0.5, 0.6) is 5.75 Å². The van der Waals surface area contributed by atoms with Crippen molar-refractivity contribution in [1.82, 2.24) is 5.32 Å². The molecule has 0 unspecified atom stereocenters. The number of hydrogen-bond donors (Lipinski definition) is 2.